The minimum Gasteiger partial charge on any atom is -0.496 e. The van der Waals surface area contributed by atoms with Crippen molar-refractivity contribution in [3.05, 3.63) is 106 Å². The van der Waals surface area contributed by atoms with Crippen LogP contribution in [0.3, 0.4) is 0 Å². The molecule has 0 aliphatic carbocycles. The summed E-state index contributed by atoms with van der Waals surface area (Å²) < 4.78 is 54.3. The van der Waals surface area contributed by atoms with Gasteiger partial charge in [-0.2, -0.15) is 0 Å². The molecule has 2 atom stereocenters. The number of hydrogen-bond acceptors (Lipinski definition) is 13. The molecule has 5 aromatic rings. The van der Waals surface area contributed by atoms with Gasteiger partial charge in [-0.15, -0.1) is 0 Å². The number of ether oxygens (including phenoxy) is 1. The molecule has 4 saturated heterocycles. The van der Waals surface area contributed by atoms with Crippen LogP contribution >= 0.6 is 0 Å². The Hall–Kier alpha value is -7.13. The second kappa shape index (κ2) is 16.9. The highest BCUT2D eigenvalue weighted by Gasteiger charge is 2.50. The van der Waals surface area contributed by atoms with Crippen LogP contribution in [-0.4, -0.2) is 134 Å². The monoisotopic (exact) mass is 921 g/mol. The van der Waals surface area contributed by atoms with Crippen molar-refractivity contribution in [3.63, 3.8) is 0 Å². The lowest BCUT2D eigenvalue weighted by Gasteiger charge is -2.50. The van der Waals surface area contributed by atoms with Crippen LogP contribution in [0.15, 0.2) is 71.8 Å². The first kappa shape index (κ1) is 43.7. The Morgan fingerprint density at radius 2 is 1.58 bits per heavy atom. The number of anilines is 2. The molecule has 0 spiro atoms. The second-order valence-electron chi connectivity index (χ2n) is 17.7. The molecule has 5 amide bonds. The zero-order valence-electron chi connectivity index (χ0n) is 36.3. The second-order valence-corrected chi connectivity index (χ2v) is 17.7. The first-order valence-corrected chi connectivity index (χ1v) is 22.1. The van der Waals surface area contributed by atoms with Crippen LogP contribution in [0.1, 0.15) is 74.8 Å². The number of likely N-dealkylation sites (tertiary alicyclic amines) is 2. The summed E-state index contributed by atoms with van der Waals surface area (Å²) in [7, 11) is 1.38. The predicted molar refractivity (Wildman–Crippen MR) is 236 cm³/mol. The molecule has 4 fully saturated rings. The molecule has 348 valence electrons. The number of carbonyl (C=O) groups excluding carboxylic acids is 5. The fraction of sp³-hybridized carbons (Fsp3) is 0.391. The van der Waals surface area contributed by atoms with E-state index in [2.05, 4.69) is 30.4 Å². The largest absolute Gasteiger partial charge is 0.496 e. The number of nitrogen functional groups attached to an aromatic ring is 1. The number of hydrogen-bond donors (Lipinski definition) is 3. The maximum Gasteiger partial charge on any atom is 0.335 e. The fourth-order valence-electron chi connectivity index (χ4n) is 10.2. The quantitative estimate of drug-likeness (QED) is 0.173. The van der Waals surface area contributed by atoms with E-state index in [1.54, 1.807) is 42.5 Å². The minimum absolute atomic E-state index is 0.00645. The van der Waals surface area contributed by atoms with Gasteiger partial charge in [-0.25, -0.2) is 27.9 Å². The molecule has 1 unspecified atom stereocenters. The molecule has 5 aliphatic heterocycles. The molecule has 18 nitrogen and oxygen atoms in total. The van der Waals surface area contributed by atoms with Crippen LogP contribution in [-0.2, 0) is 16.1 Å². The van der Waals surface area contributed by atoms with Crippen LogP contribution in [0, 0.1) is 5.82 Å². The number of alkyl halides is 2. The molecular formula is C46H46F3N11O7. The van der Waals surface area contributed by atoms with Gasteiger partial charge in [0.1, 0.15) is 35.5 Å². The third-order valence-electron chi connectivity index (χ3n) is 13.8. The van der Waals surface area contributed by atoms with Crippen molar-refractivity contribution in [2.45, 2.75) is 68.7 Å². The number of imidazole rings is 1. The molecule has 7 heterocycles. The van der Waals surface area contributed by atoms with E-state index in [1.807, 2.05) is 4.90 Å². The van der Waals surface area contributed by atoms with Crippen LogP contribution in [0.4, 0.5) is 24.7 Å². The van der Waals surface area contributed by atoms with Gasteiger partial charge in [0.2, 0.25) is 11.8 Å². The topological polar surface area (TPSA) is 210 Å². The van der Waals surface area contributed by atoms with E-state index in [9.17, 15) is 33.2 Å². The predicted octanol–water partition coefficient (Wildman–Crippen LogP) is 2.88. The molecule has 2 aromatic heterocycles. The van der Waals surface area contributed by atoms with Gasteiger partial charge in [-0.3, -0.25) is 53.1 Å². The summed E-state index contributed by atoms with van der Waals surface area (Å²) in [6.07, 6.45) is 2.63. The Bertz CT molecular complexity index is 2910. The lowest BCUT2D eigenvalue weighted by molar-refractivity contribution is -0.136. The maximum atomic E-state index is 16.5. The Morgan fingerprint density at radius 3 is 2.30 bits per heavy atom. The zero-order valence-corrected chi connectivity index (χ0v) is 36.3. The lowest BCUT2D eigenvalue weighted by atomic mass is 9.93. The molecule has 10 rings (SSSR count). The Balaban J connectivity index is 0.762. The standard InChI is InChI=1S/C46H46F3N11O7/c1-67-35-10-4-26(47)18-33(35)41(62)51-20-25-2-5-28(6-3-25)58-38-39(50)52-24-53-40(38)60(45(58)66)36-14-17-56(23-46(36,48)49)27-12-15-55(16-13-27)30-21-57(22-30)29-7-8-31-32(19-29)44(65)59(43(31)64)34-9-11-37(61)54-42(34)63/h2-8,10,18-19,24,27,30,34,36H,9,11-17,20-23H2,1H3,(H,51,62)(H2,50,52,53)(H,54,61,63)/t34?,36-/m1/s1. The number of aromatic nitrogens is 4. The van der Waals surface area contributed by atoms with E-state index >= 15 is 8.78 Å². The molecule has 3 aromatic carbocycles. The van der Waals surface area contributed by atoms with Crippen molar-refractivity contribution in [1.29, 1.82) is 0 Å². The van der Waals surface area contributed by atoms with E-state index in [1.165, 1.54) is 23.8 Å². The highest BCUT2D eigenvalue weighted by atomic mass is 19.3. The molecule has 0 bridgehead atoms. The molecule has 4 N–H and O–H groups in total. The summed E-state index contributed by atoms with van der Waals surface area (Å²) in [5.41, 5.74) is 7.87. The summed E-state index contributed by atoms with van der Waals surface area (Å²) in [6.45, 7) is 2.64. The summed E-state index contributed by atoms with van der Waals surface area (Å²) in [5.74, 6) is -6.50. The van der Waals surface area contributed by atoms with Gasteiger partial charge < -0.3 is 20.7 Å². The molecule has 0 radical (unpaired) electrons. The zero-order chi connectivity index (χ0) is 46.9. The molecular weight excluding hydrogens is 876 g/mol. The van der Waals surface area contributed by atoms with E-state index in [0.717, 1.165) is 27.5 Å². The number of nitrogens with two attached hydrogens (primary N) is 1. The summed E-state index contributed by atoms with van der Waals surface area (Å²) in [6, 6.07) is 12.8. The number of nitrogens with one attached hydrogen (secondary N) is 2. The fourth-order valence-corrected chi connectivity index (χ4v) is 10.2. The number of methoxy groups -OCH3 is 1. The third kappa shape index (κ3) is 7.74. The lowest BCUT2D eigenvalue weighted by Crippen LogP contribution is -2.62. The van der Waals surface area contributed by atoms with Crippen molar-refractivity contribution in [3.8, 4) is 11.4 Å². The first-order chi connectivity index (χ1) is 32.2. The molecule has 67 heavy (non-hydrogen) atoms. The number of imide groups is 2. The van der Waals surface area contributed by atoms with Crippen LogP contribution < -0.4 is 31.7 Å². The van der Waals surface area contributed by atoms with E-state index in [0.29, 0.717) is 56.8 Å². The maximum absolute atomic E-state index is 16.5. The average molecular weight is 922 g/mol. The normalized spacial score (nSPS) is 21.7. The number of halogens is 3. The smallest absolute Gasteiger partial charge is 0.335 e. The van der Waals surface area contributed by atoms with Gasteiger partial charge in [0.15, 0.2) is 11.5 Å². The van der Waals surface area contributed by atoms with Crippen LogP contribution in [0.25, 0.3) is 16.9 Å². The average Bonchev–Trinajstić information content (AvgIpc) is 3.73. The van der Waals surface area contributed by atoms with Gasteiger partial charge in [0.05, 0.1) is 36.0 Å². The molecule has 21 heteroatoms. The summed E-state index contributed by atoms with van der Waals surface area (Å²) in [4.78, 5) is 93.3. The van der Waals surface area contributed by atoms with Gasteiger partial charge in [0.25, 0.3) is 23.6 Å². The Kier molecular flexibility index (Phi) is 11.1. The summed E-state index contributed by atoms with van der Waals surface area (Å²) in [5, 5.41) is 4.94. The van der Waals surface area contributed by atoms with Crippen LogP contribution in [0.2, 0.25) is 0 Å². The van der Waals surface area contributed by atoms with Gasteiger partial charge in [0, 0.05) is 63.5 Å². The first-order valence-electron chi connectivity index (χ1n) is 22.1. The van der Waals surface area contributed by atoms with E-state index in [-0.39, 0.29) is 77.3 Å². The minimum atomic E-state index is -3.31. The SMILES string of the molecule is COc1ccc(F)cc1C(=O)NCc1ccc(-n2c(=O)n([C@@H]3CCN(C4CCN(C5CN(c6ccc7c(c6)C(=O)N(C6CCC(=O)NC6=O)C7=O)C5)CC4)CC3(F)F)c3ncnc(N)c32)cc1. The van der Waals surface area contributed by atoms with Crippen LogP contribution in [0.5, 0.6) is 5.75 Å². The number of amides is 5. The highest BCUT2D eigenvalue weighted by Crippen LogP contribution is 2.40. The Labute approximate surface area is 380 Å². The van der Waals surface area contributed by atoms with E-state index in [4.69, 9.17) is 10.5 Å². The number of fused-ring (bicyclic) bond motifs is 2. The number of rotatable bonds is 10. The van der Waals surface area contributed by atoms with Crippen molar-refractivity contribution in [1.82, 2.24) is 44.4 Å². The van der Waals surface area contributed by atoms with Gasteiger partial charge >= 0.3 is 5.69 Å². The van der Waals surface area contributed by atoms with E-state index < -0.39 is 65.6 Å². The molecule has 0 saturated carbocycles. The number of piperidine rings is 3. The van der Waals surface area contributed by atoms with Gasteiger partial charge in [-0.1, -0.05) is 12.1 Å². The van der Waals surface area contributed by atoms with Crippen molar-refractivity contribution in [2.75, 3.05) is 57.0 Å². The number of carbonyl (C=O) groups is 5. The number of benzene rings is 3. The van der Waals surface area contributed by atoms with Crippen molar-refractivity contribution in [2.24, 2.45) is 0 Å². The number of nitrogens with zero attached hydrogens (tertiary/aromatic N) is 8. The van der Waals surface area contributed by atoms with Crippen molar-refractivity contribution >= 4 is 52.2 Å². The van der Waals surface area contributed by atoms with Gasteiger partial charge in [-0.05, 0) is 79.8 Å². The summed E-state index contributed by atoms with van der Waals surface area (Å²) >= 11 is 0. The third-order valence-corrected chi connectivity index (χ3v) is 13.8. The molecule has 5 aliphatic rings. The van der Waals surface area contributed by atoms with Crippen molar-refractivity contribution < 1.29 is 41.9 Å². The Morgan fingerprint density at radius 1 is 0.866 bits per heavy atom. The highest BCUT2D eigenvalue weighted by molar-refractivity contribution is 6.23.